The third kappa shape index (κ3) is 2.47. The maximum absolute atomic E-state index is 12.1. The smallest absolute Gasteiger partial charge is 0.255 e. The van der Waals surface area contributed by atoms with Gasteiger partial charge in [-0.2, -0.15) is 0 Å². The molecule has 0 fully saturated rings. The van der Waals surface area contributed by atoms with Crippen LogP contribution in [0.1, 0.15) is 30.6 Å². The first-order valence-electron chi connectivity index (χ1n) is 5.30. The van der Waals surface area contributed by atoms with Crippen molar-refractivity contribution < 1.29 is 4.79 Å². The average molecular weight is 241 g/mol. The van der Waals surface area contributed by atoms with Gasteiger partial charge in [0.2, 0.25) is 0 Å². The number of nitrogen functional groups attached to an aromatic ring is 1. The standard InChI is InChI=1S/C12H17ClN2O/c1-4-8(2)15(3)12(16)9-6-5-7-10(14)11(9)13/h5-8H,4,14H2,1-3H3. The van der Waals surface area contributed by atoms with Crippen LogP contribution in [0.15, 0.2) is 18.2 Å². The fourth-order valence-electron chi connectivity index (χ4n) is 1.38. The number of rotatable bonds is 3. The summed E-state index contributed by atoms with van der Waals surface area (Å²) in [5.74, 6) is -0.0911. The molecule has 0 aliphatic carbocycles. The third-order valence-corrected chi connectivity index (χ3v) is 3.25. The molecule has 1 aromatic rings. The topological polar surface area (TPSA) is 46.3 Å². The molecule has 0 heterocycles. The Kier molecular flexibility index (Phi) is 4.19. The van der Waals surface area contributed by atoms with E-state index in [1.54, 1.807) is 30.1 Å². The van der Waals surface area contributed by atoms with Crippen molar-refractivity contribution in [2.75, 3.05) is 12.8 Å². The van der Waals surface area contributed by atoms with E-state index in [1.165, 1.54) is 0 Å². The molecule has 2 N–H and O–H groups in total. The molecule has 4 heteroatoms. The Morgan fingerprint density at radius 1 is 1.56 bits per heavy atom. The highest BCUT2D eigenvalue weighted by Gasteiger charge is 2.19. The number of hydrogen-bond acceptors (Lipinski definition) is 2. The first-order chi connectivity index (χ1) is 7.49. The van der Waals surface area contributed by atoms with Gasteiger partial charge in [-0.15, -0.1) is 0 Å². The Morgan fingerprint density at radius 2 is 2.19 bits per heavy atom. The molecule has 1 unspecified atom stereocenters. The van der Waals surface area contributed by atoms with Gasteiger partial charge in [-0.25, -0.2) is 0 Å². The maximum atomic E-state index is 12.1. The van der Waals surface area contributed by atoms with Gasteiger partial charge in [0, 0.05) is 13.1 Å². The van der Waals surface area contributed by atoms with E-state index in [0.717, 1.165) is 6.42 Å². The van der Waals surface area contributed by atoms with E-state index in [-0.39, 0.29) is 11.9 Å². The van der Waals surface area contributed by atoms with E-state index < -0.39 is 0 Å². The van der Waals surface area contributed by atoms with Crippen molar-refractivity contribution in [3.8, 4) is 0 Å². The van der Waals surface area contributed by atoms with E-state index >= 15 is 0 Å². The summed E-state index contributed by atoms with van der Waals surface area (Å²) in [7, 11) is 1.77. The first kappa shape index (κ1) is 12.8. The van der Waals surface area contributed by atoms with Crippen LogP contribution in [0.4, 0.5) is 5.69 Å². The number of nitrogens with two attached hydrogens (primary N) is 1. The normalized spacial score (nSPS) is 12.2. The Labute approximate surface area is 101 Å². The molecule has 3 nitrogen and oxygen atoms in total. The van der Waals surface area contributed by atoms with Crippen LogP contribution in [0, 0.1) is 0 Å². The van der Waals surface area contributed by atoms with Crippen molar-refractivity contribution in [2.45, 2.75) is 26.3 Å². The second kappa shape index (κ2) is 5.21. The van der Waals surface area contributed by atoms with Gasteiger partial charge in [0.05, 0.1) is 16.3 Å². The van der Waals surface area contributed by atoms with E-state index in [4.69, 9.17) is 17.3 Å². The number of nitrogens with zero attached hydrogens (tertiary/aromatic N) is 1. The van der Waals surface area contributed by atoms with Crippen LogP contribution in [0.5, 0.6) is 0 Å². The van der Waals surface area contributed by atoms with E-state index in [0.29, 0.717) is 16.3 Å². The number of carbonyl (C=O) groups excluding carboxylic acids is 1. The predicted molar refractivity (Wildman–Crippen MR) is 67.7 cm³/mol. The summed E-state index contributed by atoms with van der Waals surface area (Å²) >= 11 is 6.01. The molecule has 0 saturated carbocycles. The number of anilines is 1. The molecule has 16 heavy (non-hydrogen) atoms. The molecular formula is C12H17ClN2O. The van der Waals surface area contributed by atoms with Gasteiger partial charge in [-0.3, -0.25) is 4.79 Å². The minimum atomic E-state index is -0.0911. The van der Waals surface area contributed by atoms with Crippen molar-refractivity contribution >= 4 is 23.2 Å². The van der Waals surface area contributed by atoms with Gasteiger partial charge in [0.15, 0.2) is 0 Å². The Hall–Kier alpha value is -1.22. The summed E-state index contributed by atoms with van der Waals surface area (Å²) in [4.78, 5) is 13.8. The fraction of sp³-hybridized carbons (Fsp3) is 0.417. The first-order valence-corrected chi connectivity index (χ1v) is 5.68. The summed E-state index contributed by atoms with van der Waals surface area (Å²) in [6.07, 6.45) is 0.905. The van der Waals surface area contributed by atoms with Crippen LogP contribution < -0.4 is 5.73 Å². The van der Waals surface area contributed by atoms with Gasteiger partial charge in [0.1, 0.15) is 0 Å². The van der Waals surface area contributed by atoms with Gasteiger partial charge in [-0.05, 0) is 25.5 Å². The lowest BCUT2D eigenvalue weighted by atomic mass is 10.1. The van der Waals surface area contributed by atoms with E-state index in [2.05, 4.69) is 0 Å². The Balaban J connectivity index is 3.01. The molecule has 0 radical (unpaired) electrons. The molecule has 0 aliphatic heterocycles. The summed E-state index contributed by atoms with van der Waals surface area (Å²) < 4.78 is 0. The molecular weight excluding hydrogens is 224 g/mol. The highest BCUT2D eigenvalue weighted by atomic mass is 35.5. The SMILES string of the molecule is CCC(C)N(C)C(=O)c1cccc(N)c1Cl. The molecule has 1 rings (SSSR count). The molecule has 1 aromatic carbocycles. The van der Waals surface area contributed by atoms with Gasteiger partial charge in [0.25, 0.3) is 5.91 Å². The molecule has 0 bridgehead atoms. The fourth-order valence-corrected chi connectivity index (χ4v) is 1.59. The summed E-state index contributed by atoms with van der Waals surface area (Å²) in [5.41, 5.74) is 6.56. The zero-order valence-corrected chi connectivity index (χ0v) is 10.6. The lowest BCUT2D eigenvalue weighted by Crippen LogP contribution is -2.34. The second-order valence-corrected chi connectivity index (χ2v) is 4.26. The molecule has 0 aliphatic rings. The Morgan fingerprint density at radius 3 is 2.75 bits per heavy atom. The lowest BCUT2D eigenvalue weighted by molar-refractivity contribution is 0.0741. The van der Waals surface area contributed by atoms with Crippen LogP contribution in [-0.4, -0.2) is 23.9 Å². The van der Waals surface area contributed by atoms with Gasteiger partial charge >= 0.3 is 0 Å². The second-order valence-electron chi connectivity index (χ2n) is 3.88. The number of carbonyl (C=O) groups is 1. The predicted octanol–water partition coefficient (Wildman–Crippen LogP) is 2.79. The van der Waals surface area contributed by atoms with Gasteiger partial charge in [-0.1, -0.05) is 24.6 Å². The van der Waals surface area contributed by atoms with Crippen molar-refractivity contribution in [1.29, 1.82) is 0 Å². The minimum absolute atomic E-state index is 0.0911. The lowest BCUT2D eigenvalue weighted by Gasteiger charge is -2.24. The third-order valence-electron chi connectivity index (χ3n) is 2.83. The number of amides is 1. The summed E-state index contributed by atoms with van der Waals surface area (Å²) in [5, 5.41) is 0.336. The Bertz CT molecular complexity index is 393. The van der Waals surface area contributed by atoms with Crippen molar-refractivity contribution in [3.63, 3.8) is 0 Å². The number of hydrogen-bond donors (Lipinski definition) is 1. The van der Waals surface area contributed by atoms with Crippen LogP contribution >= 0.6 is 11.6 Å². The number of benzene rings is 1. The number of halogens is 1. The van der Waals surface area contributed by atoms with Gasteiger partial charge < -0.3 is 10.6 Å². The molecule has 0 aromatic heterocycles. The quantitative estimate of drug-likeness (QED) is 0.826. The molecule has 1 amide bonds. The summed E-state index contributed by atoms with van der Waals surface area (Å²) in [6.45, 7) is 4.04. The largest absolute Gasteiger partial charge is 0.398 e. The maximum Gasteiger partial charge on any atom is 0.255 e. The molecule has 0 spiro atoms. The van der Waals surface area contributed by atoms with Crippen LogP contribution in [0.3, 0.4) is 0 Å². The highest BCUT2D eigenvalue weighted by Crippen LogP contribution is 2.24. The van der Waals surface area contributed by atoms with Crippen molar-refractivity contribution in [3.05, 3.63) is 28.8 Å². The van der Waals surface area contributed by atoms with E-state index in [9.17, 15) is 4.79 Å². The monoisotopic (exact) mass is 240 g/mol. The zero-order valence-electron chi connectivity index (χ0n) is 9.83. The molecule has 0 saturated heterocycles. The molecule has 88 valence electrons. The molecule has 1 atom stereocenters. The average Bonchev–Trinajstić information content (AvgIpc) is 2.29. The highest BCUT2D eigenvalue weighted by molar-refractivity contribution is 6.36. The van der Waals surface area contributed by atoms with Crippen molar-refractivity contribution in [1.82, 2.24) is 4.90 Å². The minimum Gasteiger partial charge on any atom is -0.398 e. The van der Waals surface area contributed by atoms with Crippen LogP contribution in [0.2, 0.25) is 5.02 Å². The van der Waals surface area contributed by atoms with Crippen LogP contribution in [-0.2, 0) is 0 Å². The zero-order chi connectivity index (χ0) is 12.3. The van der Waals surface area contributed by atoms with Crippen LogP contribution in [0.25, 0.3) is 0 Å². The summed E-state index contributed by atoms with van der Waals surface area (Å²) in [6, 6.07) is 5.30. The van der Waals surface area contributed by atoms with E-state index in [1.807, 2.05) is 13.8 Å². The van der Waals surface area contributed by atoms with Crippen molar-refractivity contribution in [2.24, 2.45) is 0 Å².